The molecule has 1 aromatic heterocycles. The van der Waals surface area contributed by atoms with E-state index in [1.165, 1.54) is 6.07 Å². The van der Waals surface area contributed by atoms with Gasteiger partial charge in [0.05, 0.1) is 7.11 Å². The summed E-state index contributed by atoms with van der Waals surface area (Å²) in [5.74, 6) is -0.797. The van der Waals surface area contributed by atoms with Gasteiger partial charge in [-0.25, -0.2) is 18.6 Å². The molecule has 88 valence electrons. The summed E-state index contributed by atoms with van der Waals surface area (Å²) < 4.78 is 29.7. The van der Waals surface area contributed by atoms with Crippen molar-refractivity contribution in [1.29, 1.82) is 0 Å². The minimum atomic E-state index is -2.79. The molecule has 0 saturated heterocycles. The molecule has 0 aliphatic rings. The average Bonchev–Trinajstić information content (AvgIpc) is 2.26. The van der Waals surface area contributed by atoms with Crippen molar-refractivity contribution in [2.45, 2.75) is 11.8 Å². The highest BCUT2D eigenvalue weighted by molar-refractivity contribution is 9.08. The van der Waals surface area contributed by atoms with E-state index in [-0.39, 0.29) is 22.3 Å². The number of carbonyl (C=O) groups is 1. The third-order valence-corrected chi connectivity index (χ3v) is 2.49. The predicted molar refractivity (Wildman–Crippen MR) is 57.6 cm³/mol. The topological polar surface area (TPSA) is 65.2 Å². The summed E-state index contributed by atoms with van der Waals surface area (Å²) in [5.41, 5.74) is 5.10. The summed E-state index contributed by atoms with van der Waals surface area (Å²) >= 11 is 3.04. The van der Waals surface area contributed by atoms with E-state index in [9.17, 15) is 13.6 Å². The molecule has 0 aliphatic heterocycles. The predicted octanol–water partition coefficient (Wildman–Crippen LogP) is 2.28. The molecule has 1 heterocycles. The molecule has 0 fully saturated rings. The number of methoxy groups -OCH3 is 1. The number of nitrogen functional groups attached to an aromatic ring is 1. The standard InChI is InChI=1S/C9H9BrF2N2O2/c1-16-9(15)6-2-5(13)4(3-10)7(14-6)8(11)12/h2,8H,3H2,1H3,(H2,13,14). The lowest BCUT2D eigenvalue weighted by Crippen LogP contribution is -2.10. The lowest BCUT2D eigenvalue weighted by molar-refractivity contribution is 0.0592. The number of hydrogen-bond acceptors (Lipinski definition) is 4. The minimum Gasteiger partial charge on any atom is -0.464 e. The molecule has 0 saturated carbocycles. The van der Waals surface area contributed by atoms with Crippen molar-refractivity contribution in [3.63, 3.8) is 0 Å². The Hall–Kier alpha value is -1.24. The van der Waals surface area contributed by atoms with Gasteiger partial charge < -0.3 is 10.5 Å². The summed E-state index contributed by atoms with van der Waals surface area (Å²) in [5, 5.41) is 0.146. The Labute approximate surface area is 98.9 Å². The number of nitrogens with two attached hydrogens (primary N) is 1. The fourth-order valence-electron chi connectivity index (χ4n) is 1.15. The van der Waals surface area contributed by atoms with E-state index in [4.69, 9.17) is 5.73 Å². The summed E-state index contributed by atoms with van der Waals surface area (Å²) in [4.78, 5) is 14.7. The van der Waals surface area contributed by atoms with Crippen LogP contribution in [0.2, 0.25) is 0 Å². The number of anilines is 1. The highest BCUT2D eigenvalue weighted by Crippen LogP contribution is 2.27. The number of pyridine rings is 1. The molecular formula is C9H9BrF2N2O2. The second kappa shape index (κ2) is 5.20. The Morgan fingerprint density at radius 1 is 1.69 bits per heavy atom. The largest absolute Gasteiger partial charge is 0.464 e. The van der Waals surface area contributed by atoms with Gasteiger partial charge in [0, 0.05) is 16.6 Å². The first-order valence-corrected chi connectivity index (χ1v) is 5.35. The van der Waals surface area contributed by atoms with Crippen LogP contribution >= 0.6 is 15.9 Å². The number of ether oxygens (including phenoxy) is 1. The van der Waals surface area contributed by atoms with E-state index in [1.807, 2.05) is 0 Å². The molecule has 0 amide bonds. The molecule has 7 heteroatoms. The van der Waals surface area contributed by atoms with Crippen LogP contribution < -0.4 is 5.73 Å². The van der Waals surface area contributed by atoms with Crippen LogP contribution in [0, 0.1) is 0 Å². The molecule has 0 unspecified atom stereocenters. The van der Waals surface area contributed by atoms with Crippen LogP contribution in [-0.2, 0) is 10.1 Å². The number of nitrogens with zero attached hydrogens (tertiary/aromatic N) is 1. The van der Waals surface area contributed by atoms with Gasteiger partial charge in [-0.15, -0.1) is 0 Å². The van der Waals surface area contributed by atoms with Crippen LogP contribution in [0.3, 0.4) is 0 Å². The Morgan fingerprint density at radius 3 is 2.75 bits per heavy atom. The van der Waals surface area contributed by atoms with Crippen molar-refractivity contribution >= 4 is 27.6 Å². The molecular weight excluding hydrogens is 286 g/mol. The normalized spacial score (nSPS) is 10.6. The minimum absolute atomic E-state index is 0.0857. The quantitative estimate of drug-likeness (QED) is 0.686. The Kier molecular flexibility index (Phi) is 4.17. The first-order chi connectivity index (χ1) is 7.51. The Morgan fingerprint density at radius 2 is 2.31 bits per heavy atom. The van der Waals surface area contributed by atoms with Gasteiger partial charge in [0.25, 0.3) is 6.43 Å². The van der Waals surface area contributed by atoms with Gasteiger partial charge >= 0.3 is 5.97 Å². The molecule has 0 aliphatic carbocycles. The highest BCUT2D eigenvalue weighted by atomic mass is 79.9. The number of aromatic nitrogens is 1. The van der Waals surface area contributed by atoms with Crippen LogP contribution in [0.4, 0.5) is 14.5 Å². The first kappa shape index (κ1) is 12.8. The zero-order valence-electron chi connectivity index (χ0n) is 8.34. The lowest BCUT2D eigenvalue weighted by atomic mass is 10.1. The lowest BCUT2D eigenvalue weighted by Gasteiger charge is -2.10. The number of halogens is 3. The highest BCUT2D eigenvalue weighted by Gasteiger charge is 2.20. The van der Waals surface area contributed by atoms with Gasteiger partial charge in [0.2, 0.25) is 0 Å². The van der Waals surface area contributed by atoms with Gasteiger partial charge in [0.15, 0.2) is 5.69 Å². The summed E-state index contributed by atoms with van der Waals surface area (Å²) in [7, 11) is 1.14. The van der Waals surface area contributed by atoms with E-state index in [0.717, 1.165) is 7.11 Å². The zero-order valence-corrected chi connectivity index (χ0v) is 9.92. The van der Waals surface area contributed by atoms with E-state index < -0.39 is 18.1 Å². The van der Waals surface area contributed by atoms with Crippen LogP contribution in [0.5, 0.6) is 0 Å². The maximum atomic E-state index is 12.7. The van der Waals surface area contributed by atoms with Crippen LogP contribution in [0.25, 0.3) is 0 Å². The molecule has 16 heavy (non-hydrogen) atoms. The van der Waals surface area contributed by atoms with Gasteiger partial charge in [-0.2, -0.15) is 0 Å². The van der Waals surface area contributed by atoms with Gasteiger partial charge in [-0.1, -0.05) is 15.9 Å². The molecule has 0 aromatic carbocycles. The summed E-state index contributed by atoms with van der Waals surface area (Å²) in [6, 6.07) is 1.22. The fraction of sp³-hybridized carbons (Fsp3) is 0.333. The van der Waals surface area contributed by atoms with Crippen molar-refractivity contribution in [3.05, 3.63) is 23.0 Å². The number of rotatable bonds is 3. The fourth-order valence-corrected chi connectivity index (χ4v) is 1.76. The second-order valence-electron chi connectivity index (χ2n) is 2.89. The van der Waals surface area contributed by atoms with Crippen molar-refractivity contribution in [2.75, 3.05) is 12.8 Å². The number of alkyl halides is 3. The van der Waals surface area contributed by atoms with Crippen LogP contribution in [-0.4, -0.2) is 18.1 Å². The number of esters is 1. The summed E-state index contributed by atoms with van der Waals surface area (Å²) in [6.07, 6.45) is -2.79. The van der Waals surface area contributed by atoms with Crippen molar-refractivity contribution in [1.82, 2.24) is 4.98 Å². The third kappa shape index (κ3) is 2.46. The number of carbonyl (C=O) groups excluding carboxylic acids is 1. The molecule has 0 spiro atoms. The number of hydrogen-bond donors (Lipinski definition) is 1. The molecule has 0 radical (unpaired) electrons. The maximum Gasteiger partial charge on any atom is 0.356 e. The van der Waals surface area contributed by atoms with Crippen LogP contribution in [0.1, 0.15) is 28.2 Å². The monoisotopic (exact) mass is 294 g/mol. The Balaban J connectivity index is 3.33. The van der Waals surface area contributed by atoms with Gasteiger partial charge in [-0.3, -0.25) is 0 Å². The molecule has 4 nitrogen and oxygen atoms in total. The van der Waals surface area contributed by atoms with Crippen molar-refractivity contribution in [2.24, 2.45) is 0 Å². The van der Waals surface area contributed by atoms with E-state index >= 15 is 0 Å². The van der Waals surface area contributed by atoms with E-state index in [1.54, 1.807) is 0 Å². The van der Waals surface area contributed by atoms with Crippen molar-refractivity contribution < 1.29 is 18.3 Å². The third-order valence-electron chi connectivity index (χ3n) is 1.93. The molecule has 0 bridgehead atoms. The van der Waals surface area contributed by atoms with Crippen molar-refractivity contribution in [3.8, 4) is 0 Å². The molecule has 0 atom stereocenters. The van der Waals surface area contributed by atoms with Gasteiger partial charge in [0.1, 0.15) is 5.69 Å². The molecule has 1 rings (SSSR count). The van der Waals surface area contributed by atoms with Gasteiger partial charge in [-0.05, 0) is 6.07 Å². The first-order valence-electron chi connectivity index (χ1n) is 4.23. The Bertz CT molecular complexity index is 413. The van der Waals surface area contributed by atoms with Crippen LogP contribution in [0.15, 0.2) is 6.07 Å². The smallest absolute Gasteiger partial charge is 0.356 e. The molecule has 1 aromatic rings. The molecule has 2 N–H and O–H groups in total. The average molecular weight is 295 g/mol. The summed E-state index contributed by atoms with van der Waals surface area (Å²) in [6.45, 7) is 0. The SMILES string of the molecule is COC(=O)c1cc(N)c(CBr)c(C(F)F)n1. The second-order valence-corrected chi connectivity index (χ2v) is 3.45. The van der Waals surface area contributed by atoms with E-state index in [2.05, 4.69) is 25.7 Å². The maximum absolute atomic E-state index is 12.7. The zero-order chi connectivity index (χ0) is 12.3. The van der Waals surface area contributed by atoms with E-state index in [0.29, 0.717) is 0 Å².